The molecule has 0 amide bonds. The second-order valence-electron chi connectivity index (χ2n) is 4.66. The van der Waals surface area contributed by atoms with Gasteiger partial charge in [0, 0.05) is 6.42 Å². The van der Waals surface area contributed by atoms with Gasteiger partial charge in [-0.3, -0.25) is 4.79 Å². The van der Waals surface area contributed by atoms with Crippen molar-refractivity contribution >= 4 is 5.97 Å². The fourth-order valence-corrected chi connectivity index (χ4v) is 1.54. The molecule has 0 spiro atoms. The van der Waals surface area contributed by atoms with E-state index in [1.165, 1.54) is 51.6 Å². The number of nitrogens with one attached hydrogen (secondary N) is 1. The number of carbonyl (C=O) groups is 1. The molecule has 0 rings (SSSR count). The van der Waals surface area contributed by atoms with E-state index in [9.17, 15) is 4.79 Å². The minimum absolute atomic E-state index is 0.339. The Bertz CT molecular complexity index is 157. The van der Waals surface area contributed by atoms with Crippen LogP contribution >= 0.6 is 0 Å². The van der Waals surface area contributed by atoms with Crippen molar-refractivity contribution < 1.29 is 9.90 Å². The molecule has 0 saturated carbocycles. The number of carboxylic acids is 1. The Balaban J connectivity index is 0. The van der Waals surface area contributed by atoms with Gasteiger partial charge >= 0.3 is 5.97 Å². The van der Waals surface area contributed by atoms with Crippen LogP contribution in [0.4, 0.5) is 0 Å². The summed E-state index contributed by atoms with van der Waals surface area (Å²) >= 11 is 0. The molecule has 0 aliphatic rings. The highest BCUT2D eigenvalue weighted by atomic mass is 16.4. The van der Waals surface area contributed by atoms with E-state index in [1.54, 1.807) is 0 Å². The Morgan fingerprint density at radius 3 is 1.78 bits per heavy atom. The Morgan fingerprint density at radius 2 is 1.33 bits per heavy atom. The average Bonchev–Trinajstić information content (AvgIpc) is 2.35. The predicted molar refractivity (Wildman–Crippen MR) is 79.1 cm³/mol. The summed E-state index contributed by atoms with van der Waals surface area (Å²) in [4.78, 5) is 10.1. The zero-order chi connectivity index (χ0) is 14.1. The predicted octanol–water partition coefficient (Wildman–Crippen LogP) is 4.22. The first-order chi connectivity index (χ1) is 8.68. The van der Waals surface area contributed by atoms with E-state index in [1.807, 2.05) is 0 Å². The molecule has 0 atom stereocenters. The molecule has 18 heavy (non-hydrogen) atoms. The maximum absolute atomic E-state index is 10.1. The molecule has 2 N–H and O–H groups in total. The molecule has 3 nitrogen and oxygen atoms in total. The van der Waals surface area contributed by atoms with Crippen molar-refractivity contribution in [3.63, 3.8) is 0 Å². The second kappa shape index (κ2) is 18.8. The number of hydrogen-bond acceptors (Lipinski definition) is 2. The number of hydrogen-bond donors (Lipinski definition) is 2. The van der Waals surface area contributed by atoms with Crippen LogP contribution in [-0.4, -0.2) is 24.2 Å². The van der Waals surface area contributed by atoms with Gasteiger partial charge in [-0.15, -0.1) is 0 Å². The van der Waals surface area contributed by atoms with E-state index in [2.05, 4.69) is 26.1 Å². The molecule has 0 aliphatic carbocycles. The number of rotatable bonds is 11. The third kappa shape index (κ3) is 24.6. The van der Waals surface area contributed by atoms with Gasteiger partial charge in [-0.05, 0) is 32.4 Å². The second-order valence-corrected chi connectivity index (χ2v) is 4.66. The van der Waals surface area contributed by atoms with Crippen molar-refractivity contribution in [3.8, 4) is 0 Å². The highest BCUT2D eigenvalue weighted by Crippen LogP contribution is 2.06. The van der Waals surface area contributed by atoms with Crippen molar-refractivity contribution in [2.75, 3.05) is 13.1 Å². The molecule has 0 aromatic carbocycles. The van der Waals surface area contributed by atoms with Crippen molar-refractivity contribution in [3.05, 3.63) is 0 Å². The lowest BCUT2D eigenvalue weighted by Gasteiger charge is -1.97. The van der Waals surface area contributed by atoms with Gasteiger partial charge in [-0.1, -0.05) is 52.9 Å². The van der Waals surface area contributed by atoms with Crippen molar-refractivity contribution in [1.82, 2.24) is 5.32 Å². The van der Waals surface area contributed by atoms with Gasteiger partial charge in [-0.25, -0.2) is 0 Å². The Morgan fingerprint density at radius 1 is 0.833 bits per heavy atom. The van der Waals surface area contributed by atoms with E-state index in [0.717, 1.165) is 12.8 Å². The first kappa shape index (κ1) is 19.8. The van der Waals surface area contributed by atoms with Crippen molar-refractivity contribution in [1.29, 1.82) is 0 Å². The van der Waals surface area contributed by atoms with Crippen LogP contribution in [0.3, 0.4) is 0 Å². The minimum Gasteiger partial charge on any atom is -0.481 e. The first-order valence-corrected chi connectivity index (χ1v) is 7.61. The van der Waals surface area contributed by atoms with Crippen LogP contribution in [0.15, 0.2) is 0 Å². The van der Waals surface area contributed by atoms with Crippen LogP contribution in [-0.2, 0) is 4.79 Å². The Kier molecular flexibility index (Phi) is 20.6. The molecule has 0 heterocycles. The third-order valence-corrected chi connectivity index (χ3v) is 2.60. The highest BCUT2D eigenvalue weighted by Gasteiger charge is 1.95. The minimum atomic E-state index is -0.666. The standard InChI is InChI=1S/C9H18O2.C6H15N/c1-2-3-4-5-6-7-8-9(10)11;1-3-5-7-6-4-2/h2-8H2,1H3,(H,10,11);7H,3-6H2,1-2H3. The van der Waals surface area contributed by atoms with E-state index in [0.29, 0.717) is 6.42 Å². The quantitative estimate of drug-likeness (QED) is 0.546. The smallest absolute Gasteiger partial charge is 0.303 e. The van der Waals surface area contributed by atoms with Gasteiger partial charge in [0.1, 0.15) is 0 Å². The zero-order valence-corrected chi connectivity index (χ0v) is 12.6. The Labute approximate surface area is 113 Å². The molecule has 0 aromatic rings. The molecule has 0 saturated heterocycles. The third-order valence-electron chi connectivity index (χ3n) is 2.60. The van der Waals surface area contributed by atoms with E-state index >= 15 is 0 Å². The molecule has 0 aromatic heterocycles. The molecular weight excluding hydrogens is 226 g/mol. The van der Waals surface area contributed by atoms with Crippen LogP contribution in [0.1, 0.15) is 78.6 Å². The maximum atomic E-state index is 10.1. The normalized spacial score (nSPS) is 9.72. The van der Waals surface area contributed by atoms with Gasteiger partial charge in [-0.2, -0.15) is 0 Å². The summed E-state index contributed by atoms with van der Waals surface area (Å²) in [6, 6.07) is 0. The summed E-state index contributed by atoms with van der Waals surface area (Å²) < 4.78 is 0. The lowest BCUT2D eigenvalue weighted by Crippen LogP contribution is -2.14. The lowest BCUT2D eigenvalue weighted by molar-refractivity contribution is -0.137. The molecular formula is C15H33NO2. The van der Waals surface area contributed by atoms with Crippen LogP contribution in [0, 0.1) is 0 Å². The first-order valence-electron chi connectivity index (χ1n) is 7.61. The Hall–Kier alpha value is -0.570. The summed E-state index contributed by atoms with van der Waals surface area (Å²) in [6.07, 6.45) is 9.75. The zero-order valence-electron chi connectivity index (χ0n) is 12.6. The van der Waals surface area contributed by atoms with E-state index in [4.69, 9.17) is 5.11 Å². The summed E-state index contributed by atoms with van der Waals surface area (Å²) in [5.74, 6) is -0.666. The summed E-state index contributed by atoms with van der Waals surface area (Å²) in [6.45, 7) is 8.89. The molecule has 0 radical (unpaired) electrons. The molecule has 0 aliphatic heterocycles. The van der Waals surface area contributed by atoms with Gasteiger partial charge in [0.25, 0.3) is 0 Å². The molecule has 0 unspecified atom stereocenters. The topological polar surface area (TPSA) is 49.3 Å². The highest BCUT2D eigenvalue weighted by molar-refractivity contribution is 5.66. The summed E-state index contributed by atoms with van der Waals surface area (Å²) in [5, 5.41) is 11.6. The number of carboxylic acid groups (broad SMARTS) is 1. The van der Waals surface area contributed by atoms with Gasteiger partial charge in [0.05, 0.1) is 0 Å². The number of aliphatic carboxylic acids is 1. The molecule has 3 heteroatoms. The number of unbranched alkanes of at least 4 members (excludes halogenated alkanes) is 5. The molecule has 0 fully saturated rings. The van der Waals surface area contributed by atoms with Crippen molar-refractivity contribution in [2.45, 2.75) is 78.6 Å². The van der Waals surface area contributed by atoms with Crippen LogP contribution in [0.5, 0.6) is 0 Å². The SMILES string of the molecule is CCCCCCCCC(=O)O.CCCNCCC. The van der Waals surface area contributed by atoms with Crippen LogP contribution < -0.4 is 5.32 Å². The summed E-state index contributed by atoms with van der Waals surface area (Å²) in [7, 11) is 0. The molecule has 0 bridgehead atoms. The van der Waals surface area contributed by atoms with Gasteiger partial charge < -0.3 is 10.4 Å². The molecule has 110 valence electrons. The average molecular weight is 259 g/mol. The largest absolute Gasteiger partial charge is 0.481 e. The monoisotopic (exact) mass is 259 g/mol. The van der Waals surface area contributed by atoms with Crippen LogP contribution in [0.2, 0.25) is 0 Å². The van der Waals surface area contributed by atoms with E-state index < -0.39 is 5.97 Å². The lowest BCUT2D eigenvalue weighted by atomic mass is 10.1. The fourth-order valence-electron chi connectivity index (χ4n) is 1.54. The van der Waals surface area contributed by atoms with Crippen LogP contribution in [0.25, 0.3) is 0 Å². The van der Waals surface area contributed by atoms with Gasteiger partial charge in [0.15, 0.2) is 0 Å². The van der Waals surface area contributed by atoms with Crippen molar-refractivity contribution in [2.24, 2.45) is 0 Å². The summed E-state index contributed by atoms with van der Waals surface area (Å²) in [5.41, 5.74) is 0. The van der Waals surface area contributed by atoms with E-state index in [-0.39, 0.29) is 0 Å². The maximum Gasteiger partial charge on any atom is 0.303 e. The van der Waals surface area contributed by atoms with Gasteiger partial charge in [0.2, 0.25) is 0 Å². The fraction of sp³-hybridized carbons (Fsp3) is 0.933.